The number of carbonyl (C=O) groups is 2. The number of piperidine rings is 1. The number of Topliss-reactive ketones (excluding diaryl/α,β-unsaturated/α-hetero) is 1. The summed E-state index contributed by atoms with van der Waals surface area (Å²) >= 11 is 0. The third kappa shape index (κ3) is 3.36. The summed E-state index contributed by atoms with van der Waals surface area (Å²) in [6, 6.07) is 13.1. The molecule has 3 aromatic heterocycles. The summed E-state index contributed by atoms with van der Waals surface area (Å²) in [5, 5.41) is 0. The number of pyridine rings is 2. The van der Waals surface area contributed by atoms with E-state index in [2.05, 4.69) is 9.97 Å². The molecule has 1 spiro atoms. The molecule has 33 heavy (non-hydrogen) atoms. The van der Waals surface area contributed by atoms with Crippen molar-refractivity contribution < 1.29 is 14.3 Å². The monoisotopic (exact) mass is 438 g/mol. The summed E-state index contributed by atoms with van der Waals surface area (Å²) in [5.74, 6) is 0.739. The first kappa shape index (κ1) is 19.7. The summed E-state index contributed by atoms with van der Waals surface area (Å²) in [7, 11) is 0. The molecule has 0 unspecified atom stereocenters. The maximum Gasteiger partial charge on any atom is 0.255 e. The van der Waals surface area contributed by atoms with Crippen molar-refractivity contribution in [3.05, 3.63) is 84.6 Å². The third-order valence-corrected chi connectivity index (χ3v) is 6.68. The highest BCUT2D eigenvalue weighted by Crippen LogP contribution is 2.39. The predicted molar refractivity (Wildman–Crippen MR) is 122 cm³/mol. The molecule has 4 aromatic rings. The summed E-state index contributed by atoms with van der Waals surface area (Å²) in [5.41, 5.74) is 3.37. The second kappa shape index (κ2) is 7.55. The molecule has 0 radical (unpaired) electrons. The third-order valence-electron chi connectivity index (χ3n) is 6.68. The Kier molecular flexibility index (Phi) is 4.50. The van der Waals surface area contributed by atoms with Gasteiger partial charge in [0.05, 0.1) is 17.5 Å². The zero-order valence-electron chi connectivity index (χ0n) is 18.0. The van der Waals surface area contributed by atoms with E-state index in [1.54, 1.807) is 18.6 Å². The maximum absolute atomic E-state index is 13.5. The molecule has 2 aliphatic heterocycles. The first-order valence-corrected chi connectivity index (χ1v) is 11.1. The quantitative estimate of drug-likeness (QED) is 0.472. The molecule has 1 fully saturated rings. The minimum atomic E-state index is -0.529. The first-order valence-electron chi connectivity index (χ1n) is 11.1. The number of likely N-dealkylation sites (tertiary alicyclic amines) is 1. The van der Waals surface area contributed by atoms with E-state index in [0.29, 0.717) is 49.2 Å². The van der Waals surface area contributed by atoms with Crippen LogP contribution >= 0.6 is 0 Å². The van der Waals surface area contributed by atoms with Crippen LogP contribution in [0.4, 0.5) is 0 Å². The number of imidazole rings is 1. The van der Waals surface area contributed by atoms with E-state index >= 15 is 0 Å². The Labute approximate surface area is 190 Å². The molecule has 0 atom stereocenters. The molecule has 1 amide bonds. The highest BCUT2D eigenvalue weighted by atomic mass is 16.5. The molecular weight excluding hydrogens is 416 g/mol. The highest BCUT2D eigenvalue weighted by molar-refractivity contribution is 6.00. The predicted octanol–water partition coefficient (Wildman–Crippen LogP) is 4.04. The van der Waals surface area contributed by atoms with Crippen molar-refractivity contribution in [2.24, 2.45) is 0 Å². The number of hydrogen-bond donors (Lipinski definition) is 0. The van der Waals surface area contributed by atoms with E-state index in [1.165, 1.54) is 0 Å². The van der Waals surface area contributed by atoms with Crippen LogP contribution in [0.2, 0.25) is 0 Å². The molecule has 0 aliphatic carbocycles. The Morgan fingerprint density at radius 1 is 1.00 bits per heavy atom. The van der Waals surface area contributed by atoms with Crippen LogP contribution in [-0.2, 0) is 0 Å². The molecule has 0 saturated carbocycles. The molecule has 164 valence electrons. The molecule has 6 rings (SSSR count). The second-order valence-corrected chi connectivity index (χ2v) is 8.71. The average Bonchev–Trinajstić information content (AvgIpc) is 3.33. The molecule has 2 aliphatic rings. The minimum Gasteiger partial charge on any atom is -0.486 e. The van der Waals surface area contributed by atoms with Crippen LogP contribution in [0.5, 0.6) is 5.75 Å². The van der Waals surface area contributed by atoms with Gasteiger partial charge in [-0.3, -0.25) is 14.6 Å². The fourth-order valence-electron chi connectivity index (χ4n) is 4.92. The summed E-state index contributed by atoms with van der Waals surface area (Å²) < 4.78 is 8.19. The van der Waals surface area contributed by atoms with Gasteiger partial charge in [-0.1, -0.05) is 12.1 Å². The van der Waals surface area contributed by atoms with Crippen molar-refractivity contribution in [1.29, 1.82) is 0 Å². The van der Waals surface area contributed by atoms with Gasteiger partial charge < -0.3 is 14.0 Å². The molecule has 7 nitrogen and oxygen atoms in total. The number of ether oxygens (including phenoxy) is 1. The second-order valence-electron chi connectivity index (χ2n) is 8.71. The van der Waals surface area contributed by atoms with Crippen molar-refractivity contribution in [3.63, 3.8) is 0 Å². The van der Waals surface area contributed by atoms with Gasteiger partial charge in [-0.05, 0) is 35.9 Å². The Hall–Kier alpha value is -4.00. The number of nitrogens with zero attached hydrogens (tertiary/aromatic N) is 4. The van der Waals surface area contributed by atoms with Crippen LogP contribution in [0, 0.1) is 0 Å². The zero-order valence-corrected chi connectivity index (χ0v) is 18.0. The molecular formula is C26H22N4O3. The summed E-state index contributed by atoms with van der Waals surface area (Å²) in [6.45, 7) is 1.08. The van der Waals surface area contributed by atoms with Gasteiger partial charge in [0, 0.05) is 62.5 Å². The maximum atomic E-state index is 13.5. The lowest BCUT2D eigenvalue weighted by Crippen LogP contribution is -2.52. The number of para-hydroxylation sites is 1. The van der Waals surface area contributed by atoms with Gasteiger partial charge in [0.2, 0.25) is 0 Å². The van der Waals surface area contributed by atoms with Crippen LogP contribution in [0.3, 0.4) is 0 Å². The van der Waals surface area contributed by atoms with Gasteiger partial charge in [-0.25, -0.2) is 4.98 Å². The molecule has 1 aromatic carbocycles. The Morgan fingerprint density at radius 2 is 1.79 bits per heavy atom. The fraction of sp³-hybridized carbons (Fsp3) is 0.231. The van der Waals surface area contributed by atoms with E-state index in [1.807, 2.05) is 64.2 Å². The molecule has 7 heteroatoms. The van der Waals surface area contributed by atoms with E-state index in [0.717, 1.165) is 16.8 Å². The molecule has 0 bridgehead atoms. The number of aromatic nitrogens is 3. The van der Waals surface area contributed by atoms with Crippen LogP contribution in [0.25, 0.3) is 16.8 Å². The largest absolute Gasteiger partial charge is 0.486 e. The average molecular weight is 438 g/mol. The van der Waals surface area contributed by atoms with Gasteiger partial charge in [0.1, 0.15) is 17.0 Å². The number of amides is 1. The van der Waals surface area contributed by atoms with E-state index in [9.17, 15) is 9.59 Å². The van der Waals surface area contributed by atoms with Crippen LogP contribution in [0.15, 0.2) is 73.4 Å². The van der Waals surface area contributed by atoms with Crippen LogP contribution in [0.1, 0.15) is 40.0 Å². The Balaban J connectivity index is 1.25. The van der Waals surface area contributed by atoms with E-state index in [4.69, 9.17) is 4.74 Å². The van der Waals surface area contributed by atoms with Crippen molar-refractivity contribution in [3.8, 4) is 16.9 Å². The number of benzene rings is 1. The van der Waals surface area contributed by atoms with Gasteiger partial charge in [0.25, 0.3) is 5.91 Å². The molecule has 1 saturated heterocycles. The summed E-state index contributed by atoms with van der Waals surface area (Å²) in [6.07, 6.45) is 10.5. The van der Waals surface area contributed by atoms with Crippen molar-refractivity contribution >= 4 is 17.3 Å². The van der Waals surface area contributed by atoms with Gasteiger partial charge in [-0.2, -0.15) is 0 Å². The van der Waals surface area contributed by atoms with E-state index < -0.39 is 5.60 Å². The Morgan fingerprint density at radius 3 is 2.61 bits per heavy atom. The van der Waals surface area contributed by atoms with E-state index in [-0.39, 0.29) is 11.7 Å². The number of hydrogen-bond acceptors (Lipinski definition) is 5. The fourth-order valence-corrected chi connectivity index (χ4v) is 4.92. The number of ketones is 1. The number of rotatable bonds is 2. The summed E-state index contributed by atoms with van der Waals surface area (Å²) in [4.78, 5) is 36.6. The molecule has 5 heterocycles. The lowest BCUT2D eigenvalue weighted by molar-refractivity contribution is -0.00571. The van der Waals surface area contributed by atoms with Crippen molar-refractivity contribution in [2.75, 3.05) is 13.1 Å². The number of fused-ring (bicyclic) bond motifs is 2. The van der Waals surface area contributed by atoms with Gasteiger partial charge in [0.15, 0.2) is 5.78 Å². The standard InChI is InChI=1S/C26H22N4O3/c31-22-16-26(33-23-4-2-1-3-20(22)23)7-12-29(13-8-26)25(32)19-15-21(18-5-9-27-10-6-18)24-28-11-14-30(24)17-19/h1-6,9-11,14-15,17H,7-8,12-13,16H2. The topological polar surface area (TPSA) is 76.8 Å². The van der Waals surface area contributed by atoms with Crippen molar-refractivity contribution in [2.45, 2.75) is 24.9 Å². The minimum absolute atomic E-state index is 0.0294. The lowest BCUT2D eigenvalue weighted by atomic mass is 9.82. The molecule has 0 N–H and O–H groups in total. The highest BCUT2D eigenvalue weighted by Gasteiger charge is 2.43. The number of carbonyl (C=O) groups excluding carboxylic acids is 2. The van der Waals surface area contributed by atoms with Crippen LogP contribution in [-0.4, -0.2) is 49.6 Å². The lowest BCUT2D eigenvalue weighted by Gasteiger charge is -2.44. The van der Waals surface area contributed by atoms with Gasteiger partial charge in [-0.15, -0.1) is 0 Å². The van der Waals surface area contributed by atoms with Crippen molar-refractivity contribution in [1.82, 2.24) is 19.3 Å². The SMILES string of the molecule is O=C1CC2(CCN(C(=O)c3cc(-c4ccncc4)c4nccn4c3)CC2)Oc2ccccc21. The zero-order chi connectivity index (χ0) is 22.4. The normalized spacial score (nSPS) is 17.1. The van der Waals surface area contributed by atoms with Gasteiger partial charge >= 0.3 is 0 Å². The van der Waals surface area contributed by atoms with Crippen LogP contribution < -0.4 is 4.74 Å². The first-order chi connectivity index (χ1) is 16.1. The Bertz CT molecular complexity index is 1370. The smallest absolute Gasteiger partial charge is 0.255 e.